The Morgan fingerprint density at radius 2 is 1.87 bits per heavy atom. The van der Waals surface area contributed by atoms with Gasteiger partial charge in [0.25, 0.3) is 0 Å². The highest BCUT2D eigenvalue weighted by Crippen LogP contribution is 2.44. The molecule has 0 amide bonds. The van der Waals surface area contributed by atoms with Gasteiger partial charge in [0.2, 0.25) is 0 Å². The maximum atomic E-state index is 14.0. The van der Waals surface area contributed by atoms with Gasteiger partial charge in [-0.05, 0) is 70.7 Å². The fourth-order valence-electron chi connectivity index (χ4n) is 3.86. The van der Waals surface area contributed by atoms with Crippen LogP contribution < -0.4 is 0 Å². The topological polar surface area (TPSA) is 55.8 Å². The lowest BCUT2D eigenvalue weighted by atomic mass is 10.0. The van der Waals surface area contributed by atoms with Crippen molar-refractivity contribution in [2.75, 3.05) is 32.6 Å². The van der Waals surface area contributed by atoms with Gasteiger partial charge in [-0.2, -0.15) is 0 Å². The first-order valence-corrected chi connectivity index (χ1v) is 11.7. The summed E-state index contributed by atoms with van der Waals surface area (Å²) < 4.78 is 30.9. The molecule has 1 atom stereocenters. The van der Waals surface area contributed by atoms with E-state index in [9.17, 15) is 13.4 Å². The SMILES string of the molecule is CC1=C(CC(=O)ON2CCOCC2)c2cc(F)ccc2C1=Cc1ccc(S(C)=O)cc1. The molecule has 0 radical (unpaired) electrons. The molecule has 7 heteroatoms. The lowest BCUT2D eigenvalue weighted by molar-refractivity contribution is -0.204. The van der Waals surface area contributed by atoms with Crippen LogP contribution in [-0.4, -0.2) is 47.8 Å². The smallest absolute Gasteiger partial charge is 0.329 e. The summed E-state index contributed by atoms with van der Waals surface area (Å²) >= 11 is 0. The Bertz CT molecular complexity index is 1090. The highest BCUT2D eigenvalue weighted by molar-refractivity contribution is 7.84. The van der Waals surface area contributed by atoms with E-state index in [2.05, 4.69) is 0 Å². The van der Waals surface area contributed by atoms with E-state index in [1.54, 1.807) is 17.4 Å². The molecule has 5 nitrogen and oxygen atoms in total. The molecule has 1 heterocycles. The summed E-state index contributed by atoms with van der Waals surface area (Å²) in [4.78, 5) is 18.8. The Morgan fingerprint density at radius 3 is 2.55 bits per heavy atom. The van der Waals surface area contributed by atoms with Crippen molar-refractivity contribution in [2.24, 2.45) is 0 Å². The number of carbonyl (C=O) groups is 1. The van der Waals surface area contributed by atoms with Crippen molar-refractivity contribution >= 4 is 34.0 Å². The minimum Gasteiger partial charge on any atom is -0.379 e. The maximum absolute atomic E-state index is 14.0. The number of benzene rings is 2. The van der Waals surface area contributed by atoms with Crippen molar-refractivity contribution < 1.29 is 23.0 Å². The lowest BCUT2D eigenvalue weighted by Crippen LogP contribution is -2.37. The fraction of sp³-hybridized carbons (Fsp3) is 0.292. The number of rotatable bonds is 5. The molecule has 0 aromatic heterocycles. The average molecular weight is 442 g/mol. The van der Waals surface area contributed by atoms with Crippen LogP contribution in [0.15, 0.2) is 52.9 Å². The van der Waals surface area contributed by atoms with Crippen molar-refractivity contribution in [1.29, 1.82) is 0 Å². The summed E-state index contributed by atoms with van der Waals surface area (Å²) in [5.74, 6) is -0.718. The van der Waals surface area contributed by atoms with Crippen molar-refractivity contribution in [1.82, 2.24) is 5.06 Å². The van der Waals surface area contributed by atoms with E-state index in [0.29, 0.717) is 31.9 Å². The third-order valence-electron chi connectivity index (χ3n) is 5.50. The fourth-order valence-corrected chi connectivity index (χ4v) is 4.38. The van der Waals surface area contributed by atoms with E-state index in [0.717, 1.165) is 32.7 Å². The molecule has 2 aromatic rings. The van der Waals surface area contributed by atoms with Crippen LogP contribution >= 0.6 is 0 Å². The third kappa shape index (κ3) is 4.84. The summed E-state index contributed by atoms with van der Waals surface area (Å²) in [6, 6.07) is 12.1. The Hall–Kier alpha value is -2.61. The number of hydrogen-bond acceptors (Lipinski definition) is 5. The zero-order valence-corrected chi connectivity index (χ0v) is 18.3. The predicted molar refractivity (Wildman–Crippen MR) is 119 cm³/mol. The highest BCUT2D eigenvalue weighted by atomic mass is 32.2. The summed E-state index contributed by atoms with van der Waals surface area (Å²) in [6.07, 6.45) is 3.71. The largest absolute Gasteiger partial charge is 0.379 e. The van der Waals surface area contributed by atoms with Gasteiger partial charge in [-0.1, -0.05) is 18.2 Å². The molecular formula is C24H24FNO4S. The first kappa shape index (κ1) is 21.6. The molecule has 0 N–H and O–H groups in total. The van der Waals surface area contributed by atoms with Crippen LogP contribution in [-0.2, 0) is 25.2 Å². The zero-order valence-electron chi connectivity index (χ0n) is 17.5. The predicted octanol–water partition coefficient (Wildman–Crippen LogP) is 4.07. The molecule has 2 aliphatic rings. The third-order valence-corrected chi connectivity index (χ3v) is 6.43. The van der Waals surface area contributed by atoms with E-state index in [1.807, 2.05) is 37.3 Å². The van der Waals surface area contributed by atoms with Crippen molar-refractivity contribution in [2.45, 2.75) is 18.2 Å². The quantitative estimate of drug-likeness (QED) is 0.700. The molecule has 1 fully saturated rings. The number of nitrogens with zero attached hydrogens (tertiary/aromatic N) is 1. The van der Waals surface area contributed by atoms with Crippen LogP contribution in [0.4, 0.5) is 4.39 Å². The van der Waals surface area contributed by atoms with Crippen molar-refractivity contribution in [3.05, 3.63) is 70.5 Å². The second kappa shape index (κ2) is 9.26. The number of morpholine rings is 1. The molecule has 0 saturated carbocycles. The molecule has 162 valence electrons. The standard InChI is InChI=1S/C24H24FNO4S/c1-16-21(13-17-3-6-19(7-4-17)31(2)28)20-8-5-18(25)14-23(20)22(16)15-24(27)30-26-9-11-29-12-10-26/h3-8,13-14H,9-12,15H2,1-2H3. The van der Waals surface area contributed by atoms with Gasteiger partial charge in [0.15, 0.2) is 0 Å². The number of halogens is 1. The van der Waals surface area contributed by atoms with Gasteiger partial charge in [0.1, 0.15) is 5.82 Å². The van der Waals surface area contributed by atoms with Crippen LogP contribution in [0.25, 0.3) is 17.2 Å². The normalized spacial score (nSPS) is 18.9. The lowest BCUT2D eigenvalue weighted by Gasteiger charge is -2.25. The van der Waals surface area contributed by atoms with Crippen LogP contribution in [0.2, 0.25) is 0 Å². The van der Waals surface area contributed by atoms with Gasteiger partial charge < -0.3 is 9.57 Å². The van der Waals surface area contributed by atoms with E-state index in [4.69, 9.17) is 9.57 Å². The molecular weight excluding hydrogens is 417 g/mol. The first-order chi connectivity index (χ1) is 14.9. The Morgan fingerprint density at radius 1 is 1.16 bits per heavy atom. The summed E-state index contributed by atoms with van der Waals surface area (Å²) in [7, 11) is -1.04. The number of ether oxygens (including phenoxy) is 1. The Labute approximate surface area is 183 Å². The van der Waals surface area contributed by atoms with E-state index in [1.165, 1.54) is 12.1 Å². The molecule has 0 spiro atoms. The van der Waals surface area contributed by atoms with Gasteiger partial charge in [-0.3, -0.25) is 4.21 Å². The number of carbonyl (C=O) groups excluding carboxylic acids is 1. The van der Waals surface area contributed by atoms with Gasteiger partial charge in [-0.15, -0.1) is 5.06 Å². The summed E-state index contributed by atoms with van der Waals surface area (Å²) in [6.45, 7) is 4.08. The molecule has 31 heavy (non-hydrogen) atoms. The van der Waals surface area contributed by atoms with Gasteiger partial charge in [0.05, 0.1) is 32.7 Å². The summed E-state index contributed by atoms with van der Waals surface area (Å²) in [5, 5.41) is 1.61. The monoisotopic (exact) mass is 441 g/mol. The molecule has 4 rings (SSSR count). The zero-order chi connectivity index (χ0) is 22.0. The highest BCUT2D eigenvalue weighted by Gasteiger charge is 2.27. The van der Waals surface area contributed by atoms with Crippen molar-refractivity contribution in [3.63, 3.8) is 0 Å². The van der Waals surface area contributed by atoms with Crippen LogP contribution in [0.1, 0.15) is 30.0 Å². The number of fused-ring (bicyclic) bond motifs is 1. The first-order valence-electron chi connectivity index (χ1n) is 10.1. The molecule has 1 aliphatic heterocycles. The molecule has 0 bridgehead atoms. The van der Waals surface area contributed by atoms with Crippen LogP contribution in [0, 0.1) is 5.82 Å². The van der Waals surface area contributed by atoms with Gasteiger partial charge in [0, 0.05) is 22.0 Å². The van der Waals surface area contributed by atoms with Crippen LogP contribution in [0.3, 0.4) is 0 Å². The van der Waals surface area contributed by atoms with Crippen LogP contribution in [0.5, 0.6) is 0 Å². The molecule has 1 unspecified atom stereocenters. The maximum Gasteiger partial charge on any atom is 0.329 e. The van der Waals surface area contributed by atoms with Crippen molar-refractivity contribution in [3.8, 4) is 0 Å². The Kier molecular flexibility index (Phi) is 6.46. The van der Waals surface area contributed by atoms with E-state index >= 15 is 0 Å². The second-order valence-electron chi connectivity index (χ2n) is 7.56. The number of allylic oxidation sites excluding steroid dienone is 2. The van der Waals surface area contributed by atoms with E-state index < -0.39 is 10.8 Å². The number of hydroxylamine groups is 2. The molecule has 1 aliphatic carbocycles. The minimum absolute atomic E-state index is 0.0603. The molecule has 2 aromatic carbocycles. The second-order valence-corrected chi connectivity index (χ2v) is 8.94. The Balaban J connectivity index is 1.64. The number of hydrogen-bond donors (Lipinski definition) is 0. The van der Waals surface area contributed by atoms with Gasteiger partial charge in [-0.25, -0.2) is 9.18 Å². The minimum atomic E-state index is -1.04. The average Bonchev–Trinajstić information content (AvgIpc) is 3.00. The van der Waals surface area contributed by atoms with Gasteiger partial charge >= 0.3 is 5.97 Å². The van der Waals surface area contributed by atoms with E-state index in [-0.39, 0.29) is 18.2 Å². The molecule has 1 saturated heterocycles. The summed E-state index contributed by atoms with van der Waals surface area (Å²) in [5.41, 5.74) is 5.17.